The molecule has 3 aliphatic heterocycles. The van der Waals surface area contributed by atoms with Crippen LogP contribution < -0.4 is 5.56 Å². The Balaban J connectivity index is 0.000000730. The van der Waals surface area contributed by atoms with E-state index < -0.39 is 0 Å². The number of carbonyl (C=O) groups is 1. The smallest absolute Gasteiger partial charge is 0.290 e. The van der Waals surface area contributed by atoms with Gasteiger partial charge < -0.3 is 14.4 Å². The molecule has 0 aliphatic carbocycles. The number of hydrogen-bond acceptors (Lipinski definition) is 6. The molecule has 2 aromatic heterocycles. The third-order valence-corrected chi connectivity index (χ3v) is 6.42. The highest BCUT2D eigenvalue weighted by Gasteiger charge is 2.35. The van der Waals surface area contributed by atoms with Crippen molar-refractivity contribution >= 4 is 6.47 Å². The van der Waals surface area contributed by atoms with Gasteiger partial charge in [0, 0.05) is 81.8 Å². The van der Waals surface area contributed by atoms with Gasteiger partial charge in [-0.15, -0.1) is 0 Å². The van der Waals surface area contributed by atoms with Crippen molar-refractivity contribution in [2.24, 2.45) is 13.0 Å². The Hall–Kier alpha value is -2.49. The average Bonchev–Trinajstić information content (AvgIpc) is 3.16. The second-order valence-electron chi connectivity index (χ2n) is 8.71. The molecule has 1 N–H and O–H groups in total. The van der Waals surface area contributed by atoms with E-state index in [1.807, 2.05) is 17.9 Å². The van der Waals surface area contributed by atoms with E-state index in [2.05, 4.69) is 37.8 Å². The normalized spacial score (nSPS) is 23.5. The quantitative estimate of drug-likeness (QED) is 0.717. The second-order valence-corrected chi connectivity index (χ2v) is 8.71. The second kappa shape index (κ2) is 9.76. The van der Waals surface area contributed by atoms with Gasteiger partial charge in [0.25, 0.3) is 12.0 Å². The summed E-state index contributed by atoms with van der Waals surface area (Å²) < 4.78 is 9.37. The average molecular weight is 430 g/mol. The van der Waals surface area contributed by atoms with Crippen molar-refractivity contribution in [1.82, 2.24) is 24.1 Å². The zero-order chi connectivity index (χ0) is 21.8. The first-order valence-electron chi connectivity index (χ1n) is 10.9. The summed E-state index contributed by atoms with van der Waals surface area (Å²) in [5.41, 5.74) is 3.64. The molecule has 0 saturated carbocycles. The van der Waals surface area contributed by atoms with Gasteiger partial charge in [-0.2, -0.15) is 5.10 Å². The summed E-state index contributed by atoms with van der Waals surface area (Å²) in [7, 11) is 1.96. The van der Waals surface area contributed by atoms with E-state index in [0.29, 0.717) is 11.8 Å². The molecule has 31 heavy (non-hydrogen) atoms. The van der Waals surface area contributed by atoms with Crippen LogP contribution in [0.5, 0.6) is 0 Å². The molecule has 2 atom stereocenters. The number of aryl methyl sites for hydroxylation is 1. The maximum atomic E-state index is 13.2. The summed E-state index contributed by atoms with van der Waals surface area (Å²) in [6.45, 7) is 7.73. The van der Waals surface area contributed by atoms with E-state index in [0.717, 1.165) is 64.6 Å². The molecular formula is C22H31N5O4. The van der Waals surface area contributed by atoms with Crippen molar-refractivity contribution in [3.63, 3.8) is 0 Å². The van der Waals surface area contributed by atoms with Crippen molar-refractivity contribution in [3.8, 4) is 0 Å². The van der Waals surface area contributed by atoms with Crippen molar-refractivity contribution in [3.05, 3.63) is 51.7 Å². The molecule has 0 radical (unpaired) electrons. The largest absolute Gasteiger partial charge is 0.483 e. The van der Waals surface area contributed by atoms with Gasteiger partial charge in [-0.3, -0.25) is 24.1 Å². The molecule has 0 spiro atoms. The Kier molecular flexibility index (Phi) is 6.84. The molecule has 3 aliphatic rings. The number of aromatic nitrogens is 3. The predicted octanol–water partition coefficient (Wildman–Crippen LogP) is 0.734. The zero-order valence-corrected chi connectivity index (χ0v) is 18.0. The Morgan fingerprint density at radius 1 is 1.16 bits per heavy atom. The van der Waals surface area contributed by atoms with Crippen molar-refractivity contribution in [2.45, 2.75) is 32.0 Å². The number of piperidine rings is 1. The zero-order valence-electron chi connectivity index (χ0n) is 18.0. The van der Waals surface area contributed by atoms with Gasteiger partial charge in [-0.25, -0.2) is 0 Å². The fourth-order valence-corrected chi connectivity index (χ4v) is 5.15. The standard InChI is InChI=1S/C21H29N5O2.CH2O2/c1-23-10-17(9-22-23)12-25-11-16-8-19(15-25)20-3-2-18(21(27)26(20)13-16)14-24-4-6-28-7-5-24;2-1-3/h2-3,9-10,16,19H,4-8,11-15H2,1H3;1H,(H,2,3)/t16-,19+;/m0./s1. The summed E-state index contributed by atoms with van der Waals surface area (Å²) in [6, 6.07) is 4.29. The van der Waals surface area contributed by atoms with Gasteiger partial charge >= 0.3 is 0 Å². The van der Waals surface area contributed by atoms with Gasteiger partial charge in [0.15, 0.2) is 0 Å². The maximum Gasteiger partial charge on any atom is 0.290 e. The van der Waals surface area contributed by atoms with Crippen LogP contribution in [-0.4, -0.2) is 75.1 Å². The fraction of sp³-hybridized carbons (Fsp3) is 0.591. The molecule has 0 aromatic carbocycles. The van der Waals surface area contributed by atoms with Crippen LogP contribution in [0.2, 0.25) is 0 Å². The van der Waals surface area contributed by atoms with Gasteiger partial charge in [-0.1, -0.05) is 6.07 Å². The van der Waals surface area contributed by atoms with E-state index in [1.54, 1.807) is 0 Å². The van der Waals surface area contributed by atoms with E-state index in [4.69, 9.17) is 14.6 Å². The van der Waals surface area contributed by atoms with Crippen molar-refractivity contribution < 1.29 is 14.6 Å². The van der Waals surface area contributed by atoms with E-state index >= 15 is 0 Å². The fourth-order valence-electron chi connectivity index (χ4n) is 5.15. The maximum absolute atomic E-state index is 13.2. The van der Waals surface area contributed by atoms with Crippen molar-refractivity contribution in [2.75, 3.05) is 39.4 Å². The van der Waals surface area contributed by atoms with Crippen molar-refractivity contribution in [1.29, 1.82) is 0 Å². The molecule has 9 heteroatoms. The molecule has 5 heterocycles. The first kappa shape index (κ1) is 21.7. The van der Waals surface area contributed by atoms with Crippen LogP contribution in [0.15, 0.2) is 29.3 Å². The van der Waals surface area contributed by atoms with Gasteiger partial charge in [0.05, 0.1) is 19.4 Å². The Bertz CT molecular complexity index is 950. The molecular weight excluding hydrogens is 398 g/mol. The number of carboxylic acid groups (broad SMARTS) is 1. The Morgan fingerprint density at radius 3 is 2.65 bits per heavy atom. The van der Waals surface area contributed by atoms with E-state index in [-0.39, 0.29) is 12.0 Å². The summed E-state index contributed by atoms with van der Waals surface area (Å²) in [4.78, 5) is 26.4. The molecule has 0 amide bonds. The summed E-state index contributed by atoms with van der Waals surface area (Å²) in [5, 5.41) is 11.2. The Morgan fingerprint density at radius 2 is 1.94 bits per heavy atom. The van der Waals surface area contributed by atoms with Crippen LogP contribution in [0.3, 0.4) is 0 Å². The molecule has 9 nitrogen and oxygen atoms in total. The lowest BCUT2D eigenvalue weighted by Gasteiger charge is -2.43. The topological polar surface area (TPSA) is 92.8 Å². The number of rotatable bonds is 4. The minimum absolute atomic E-state index is 0.222. The highest BCUT2D eigenvalue weighted by molar-refractivity contribution is 5.32. The lowest BCUT2D eigenvalue weighted by Crippen LogP contribution is -2.47. The minimum atomic E-state index is -0.250. The van der Waals surface area contributed by atoms with Crippen LogP contribution >= 0.6 is 0 Å². The number of pyridine rings is 1. The van der Waals surface area contributed by atoms with Gasteiger partial charge in [0.1, 0.15) is 0 Å². The van der Waals surface area contributed by atoms with Crippen LogP contribution in [0.4, 0.5) is 0 Å². The predicted molar refractivity (Wildman–Crippen MR) is 115 cm³/mol. The summed E-state index contributed by atoms with van der Waals surface area (Å²) >= 11 is 0. The van der Waals surface area contributed by atoms with E-state index in [9.17, 15) is 4.79 Å². The summed E-state index contributed by atoms with van der Waals surface area (Å²) in [6.07, 6.45) is 5.26. The molecule has 0 unspecified atom stereocenters. The van der Waals surface area contributed by atoms with E-state index in [1.165, 1.54) is 17.7 Å². The highest BCUT2D eigenvalue weighted by atomic mass is 16.5. The molecule has 2 bridgehead atoms. The molecule has 2 aromatic rings. The lowest BCUT2D eigenvalue weighted by atomic mass is 9.83. The molecule has 5 rings (SSSR count). The van der Waals surface area contributed by atoms with Crippen LogP contribution in [-0.2, 0) is 36.2 Å². The van der Waals surface area contributed by atoms with Gasteiger partial charge in [0.2, 0.25) is 0 Å². The lowest BCUT2D eigenvalue weighted by molar-refractivity contribution is -0.122. The molecule has 2 fully saturated rings. The van der Waals surface area contributed by atoms with Crippen LogP contribution in [0.25, 0.3) is 0 Å². The first-order chi connectivity index (χ1) is 15.1. The number of hydrogen-bond donors (Lipinski definition) is 1. The molecule has 2 saturated heterocycles. The third-order valence-electron chi connectivity index (χ3n) is 6.42. The monoisotopic (exact) mass is 429 g/mol. The van der Waals surface area contributed by atoms with Gasteiger partial charge in [-0.05, 0) is 18.4 Å². The first-order valence-corrected chi connectivity index (χ1v) is 10.9. The number of morpholine rings is 1. The molecule has 168 valence electrons. The number of ether oxygens (including phenoxy) is 1. The number of likely N-dealkylation sites (tertiary alicyclic amines) is 1. The Labute approximate surface area is 181 Å². The SMILES string of the molecule is Cn1cc(CN2C[C@@H]3C[C@H](C2)c2ccc(CN4CCOCC4)c(=O)n2C3)cn1.O=CO. The minimum Gasteiger partial charge on any atom is -0.483 e. The number of nitrogens with zero attached hydrogens (tertiary/aromatic N) is 5. The highest BCUT2D eigenvalue weighted by Crippen LogP contribution is 2.35. The summed E-state index contributed by atoms with van der Waals surface area (Å²) in [5.74, 6) is 1.01. The number of fused-ring (bicyclic) bond motifs is 4. The third kappa shape index (κ3) is 5.06. The van der Waals surface area contributed by atoms with Crippen LogP contribution in [0, 0.1) is 5.92 Å². The van der Waals surface area contributed by atoms with Crippen LogP contribution in [0.1, 0.15) is 29.2 Å².